The molecular weight excluding hydrogens is 146 g/mol. The number of aromatic nitrogens is 1. The first-order valence-corrected chi connectivity index (χ1v) is 4.77. The van der Waals surface area contributed by atoms with Gasteiger partial charge in [0, 0.05) is 17.8 Å². The Morgan fingerprint density at radius 1 is 1.58 bits per heavy atom. The van der Waals surface area contributed by atoms with Crippen LogP contribution in [0.2, 0.25) is 0 Å². The van der Waals surface area contributed by atoms with Gasteiger partial charge in [0.25, 0.3) is 0 Å². The van der Waals surface area contributed by atoms with Gasteiger partial charge in [0.2, 0.25) is 0 Å². The third kappa shape index (κ3) is 1.04. The predicted octanol–water partition coefficient (Wildman–Crippen LogP) is 3.08. The molecule has 0 fully saturated rings. The molecule has 1 heteroatoms. The molecule has 0 amide bonds. The van der Waals surface area contributed by atoms with Gasteiger partial charge < -0.3 is 0 Å². The van der Waals surface area contributed by atoms with E-state index in [-0.39, 0.29) is 0 Å². The molecule has 2 rings (SSSR count). The molecular formula is C11H15N. The Kier molecular flexibility index (Phi) is 1.87. The first kappa shape index (κ1) is 7.78. The number of nitrogens with zero attached hydrogens (tertiary/aromatic N) is 1. The minimum atomic E-state index is 0.719. The summed E-state index contributed by atoms with van der Waals surface area (Å²) in [4.78, 5) is 4.46. The molecule has 0 aliphatic heterocycles. The summed E-state index contributed by atoms with van der Waals surface area (Å²) in [5.41, 5.74) is 2.83. The summed E-state index contributed by atoms with van der Waals surface area (Å²) in [5.74, 6) is 1.44. The van der Waals surface area contributed by atoms with Crippen molar-refractivity contribution in [2.75, 3.05) is 0 Å². The monoisotopic (exact) mass is 161 g/mol. The molecule has 1 aromatic rings. The van der Waals surface area contributed by atoms with Crippen molar-refractivity contribution in [2.24, 2.45) is 0 Å². The zero-order chi connectivity index (χ0) is 8.55. The zero-order valence-electron chi connectivity index (χ0n) is 7.75. The first-order valence-electron chi connectivity index (χ1n) is 4.77. The SMILES string of the molecule is CCC1CC(C)c2cccnc21. The van der Waals surface area contributed by atoms with Crippen LogP contribution in [0, 0.1) is 0 Å². The van der Waals surface area contributed by atoms with Crippen LogP contribution in [0.15, 0.2) is 18.3 Å². The van der Waals surface area contributed by atoms with Crippen molar-refractivity contribution in [1.82, 2.24) is 4.98 Å². The predicted molar refractivity (Wildman–Crippen MR) is 50.3 cm³/mol. The summed E-state index contributed by atoms with van der Waals surface area (Å²) < 4.78 is 0. The normalized spacial score (nSPS) is 27.2. The molecule has 1 aromatic heterocycles. The maximum atomic E-state index is 4.46. The fraction of sp³-hybridized carbons (Fsp3) is 0.545. The highest BCUT2D eigenvalue weighted by Gasteiger charge is 2.27. The minimum Gasteiger partial charge on any atom is -0.261 e. The second-order valence-electron chi connectivity index (χ2n) is 3.72. The Balaban J connectivity index is 2.43. The van der Waals surface area contributed by atoms with Gasteiger partial charge in [-0.05, 0) is 30.4 Å². The molecule has 1 nitrogen and oxygen atoms in total. The van der Waals surface area contributed by atoms with E-state index < -0.39 is 0 Å². The highest BCUT2D eigenvalue weighted by Crippen LogP contribution is 2.41. The average Bonchev–Trinajstić information content (AvgIpc) is 2.44. The van der Waals surface area contributed by atoms with Crippen LogP contribution in [0.5, 0.6) is 0 Å². The van der Waals surface area contributed by atoms with Crippen LogP contribution < -0.4 is 0 Å². The summed E-state index contributed by atoms with van der Waals surface area (Å²) in [6, 6.07) is 4.27. The standard InChI is InChI=1S/C11H15N/c1-3-9-7-8(2)10-5-4-6-12-11(9)10/h4-6,8-9H,3,7H2,1-2H3. The highest BCUT2D eigenvalue weighted by atomic mass is 14.7. The van der Waals surface area contributed by atoms with Gasteiger partial charge in [-0.25, -0.2) is 0 Å². The van der Waals surface area contributed by atoms with Gasteiger partial charge in [-0.15, -0.1) is 0 Å². The summed E-state index contributed by atoms with van der Waals surface area (Å²) in [6.07, 6.45) is 4.44. The van der Waals surface area contributed by atoms with Crippen molar-refractivity contribution in [3.8, 4) is 0 Å². The third-order valence-electron chi connectivity index (χ3n) is 2.92. The van der Waals surface area contributed by atoms with Crippen molar-refractivity contribution < 1.29 is 0 Å². The van der Waals surface area contributed by atoms with Gasteiger partial charge in [0.1, 0.15) is 0 Å². The average molecular weight is 161 g/mol. The van der Waals surface area contributed by atoms with Gasteiger partial charge in [0.05, 0.1) is 0 Å². The molecule has 0 radical (unpaired) electrons. The van der Waals surface area contributed by atoms with E-state index in [9.17, 15) is 0 Å². The minimum absolute atomic E-state index is 0.719. The Bertz CT molecular complexity index is 280. The van der Waals surface area contributed by atoms with Crippen LogP contribution in [0.25, 0.3) is 0 Å². The van der Waals surface area contributed by atoms with Crippen molar-refractivity contribution in [1.29, 1.82) is 0 Å². The molecule has 12 heavy (non-hydrogen) atoms. The highest BCUT2D eigenvalue weighted by molar-refractivity contribution is 5.32. The van der Waals surface area contributed by atoms with E-state index >= 15 is 0 Å². The van der Waals surface area contributed by atoms with E-state index in [1.54, 1.807) is 0 Å². The molecule has 0 spiro atoms. The molecule has 0 aromatic carbocycles. The number of fused-ring (bicyclic) bond motifs is 1. The summed E-state index contributed by atoms with van der Waals surface area (Å²) >= 11 is 0. The van der Waals surface area contributed by atoms with Gasteiger partial charge in [0.15, 0.2) is 0 Å². The molecule has 1 heterocycles. The van der Waals surface area contributed by atoms with Crippen molar-refractivity contribution in [2.45, 2.75) is 38.5 Å². The van der Waals surface area contributed by atoms with E-state index in [1.807, 2.05) is 12.3 Å². The van der Waals surface area contributed by atoms with Gasteiger partial charge in [-0.1, -0.05) is 19.9 Å². The smallest absolute Gasteiger partial charge is 0.0469 e. The van der Waals surface area contributed by atoms with Crippen molar-refractivity contribution in [3.05, 3.63) is 29.6 Å². The summed E-state index contributed by atoms with van der Waals surface area (Å²) in [5, 5.41) is 0. The maximum Gasteiger partial charge on any atom is 0.0469 e. The van der Waals surface area contributed by atoms with Crippen LogP contribution in [0.3, 0.4) is 0 Å². The van der Waals surface area contributed by atoms with Crippen LogP contribution in [0.1, 0.15) is 49.8 Å². The molecule has 2 atom stereocenters. The molecule has 0 bridgehead atoms. The molecule has 1 aliphatic carbocycles. The number of pyridine rings is 1. The van der Waals surface area contributed by atoms with E-state index in [1.165, 1.54) is 24.1 Å². The third-order valence-corrected chi connectivity index (χ3v) is 2.92. The lowest BCUT2D eigenvalue weighted by Gasteiger charge is -2.04. The molecule has 1 aliphatic rings. The van der Waals surface area contributed by atoms with E-state index in [4.69, 9.17) is 0 Å². The van der Waals surface area contributed by atoms with Gasteiger partial charge in [-0.2, -0.15) is 0 Å². The molecule has 0 saturated carbocycles. The lowest BCUT2D eigenvalue weighted by atomic mass is 10.0. The largest absolute Gasteiger partial charge is 0.261 e. The van der Waals surface area contributed by atoms with Crippen LogP contribution in [-0.2, 0) is 0 Å². The second-order valence-corrected chi connectivity index (χ2v) is 3.72. The number of hydrogen-bond acceptors (Lipinski definition) is 1. The van der Waals surface area contributed by atoms with Crippen LogP contribution in [0.4, 0.5) is 0 Å². The fourth-order valence-electron chi connectivity index (χ4n) is 2.21. The molecule has 64 valence electrons. The number of rotatable bonds is 1. The van der Waals surface area contributed by atoms with Gasteiger partial charge in [-0.3, -0.25) is 4.98 Å². The Morgan fingerprint density at radius 3 is 3.17 bits per heavy atom. The fourth-order valence-corrected chi connectivity index (χ4v) is 2.21. The second kappa shape index (κ2) is 2.89. The molecule has 2 unspecified atom stereocenters. The zero-order valence-corrected chi connectivity index (χ0v) is 7.75. The Labute approximate surface area is 73.8 Å². The summed E-state index contributed by atoms with van der Waals surface area (Å²) in [7, 11) is 0. The quantitative estimate of drug-likeness (QED) is 0.616. The molecule has 0 saturated heterocycles. The first-order chi connectivity index (χ1) is 5.83. The molecule has 0 N–H and O–H groups in total. The van der Waals surface area contributed by atoms with E-state index in [0.717, 1.165) is 11.8 Å². The van der Waals surface area contributed by atoms with Crippen LogP contribution >= 0.6 is 0 Å². The lowest BCUT2D eigenvalue weighted by Crippen LogP contribution is -1.93. The van der Waals surface area contributed by atoms with E-state index in [2.05, 4.69) is 24.9 Å². The maximum absolute atomic E-state index is 4.46. The van der Waals surface area contributed by atoms with Gasteiger partial charge >= 0.3 is 0 Å². The number of hydrogen-bond donors (Lipinski definition) is 0. The van der Waals surface area contributed by atoms with Crippen LogP contribution in [-0.4, -0.2) is 4.98 Å². The van der Waals surface area contributed by atoms with Crippen molar-refractivity contribution >= 4 is 0 Å². The topological polar surface area (TPSA) is 12.9 Å². The van der Waals surface area contributed by atoms with Crippen molar-refractivity contribution in [3.63, 3.8) is 0 Å². The Morgan fingerprint density at radius 2 is 2.42 bits per heavy atom. The summed E-state index contributed by atoms with van der Waals surface area (Å²) in [6.45, 7) is 4.55. The van der Waals surface area contributed by atoms with E-state index in [0.29, 0.717) is 0 Å². The Hall–Kier alpha value is -0.850. The lowest BCUT2D eigenvalue weighted by molar-refractivity contribution is 0.596.